The van der Waals surface area contributed by atoms with E-state index in [0.717, 1.165) is 17.5 Å². The molecular formula is C10H11O. The summed E-state index contributed by atoms with van der Waals surface area (Å²) in [6.45, 7) is 5.54. The van der Waals surface area contributed by atoms with Crippen LogP contribution in [0.25, 0.3) is 0 Å². The van der Waals surface area contributed by atoms with Crippen LogP contribution in [-0.2, 0) is 6.42 Å². The lowest BCUT2D eigenvalue weighted by Gasteiger charge is -2.03. The standard InChI is InChI=1S/C10H11O/c1-3-8-6-5-7-10(11)9(8)4-2/h5-7,11H,1,4H2,2H3. The van der Waals surface area contributed by atoms with Crippen LogP contribution >= 0.6 is 0 Å². The summed E-state index contributed by atoms with van der Waals surface area (Å²) in [6, 6.07) is 5.37. The first kappa shape index (κ1) is 7.86. The Labute approximate surface area is 67.0 Å². The van der Waals surface area contributed by atoms with E-state index in [1.165, 1.54) is 0 Å². The number of hydrogen-bond acceptors (Lipinski definition) is 1. The monoisotopic (exact) mass is 147 g/mol. The molecule has 1 nitrogen and oxygen atoms in total. The average Bonchev–Trinajstić information content (AvgIpc) is 2.04. The summed E-state index contributed by atoms with van der Waals surface area (Å²) in [5.41, 5.74) is 1.81. The van der Waals surface area contributed by atoms with Crippen molar-refractivity contribution < 1.29 is 5.11 Å². The van der Waals surface area contributed by atoms with Crippen LogP contribution < -0.4 is 0 Å². The lowest BCUT2D eigenvalue weighted by Crippen LogP contribution is -1.86. The van der Waals surface area contributed by atoms with E-state index in [4.69, 9.17) is 0 Å². The maximum atomic E-state index is 9.35. The van der Waals surface area contributed by atoms with E-state index in [-0.39, 0.29) is 0 Å². The molecule has 0 amide bonds. The maximum Gasteiger partial charge on any atom is 0.119 e. The fourth-order valence-corrected chi connectivity index (χ4v) is 1.11. The van der Waals surface area contributed by atoms with Crippen LogP contribution in [0.5, 0.6) is 5.75 Å². The van der Waals surface area contributed by atoms with Crippen LogP contribution in [0.3, 0.4) is 0 Å². The molecule has 0 aliphatic heterocycles. The third kappa shape index (κ3) is 1.43. The van der Waals surface area contributed by atoms with Gasteiger partial charge in [-0.15, -0.1) is 0 Å². The summed E-state index contributed by atoms with van der Waals surface area (Å²) in [6.07, 6.45) is 3.59. The number of phenols is 1. The summed E-state index contributed by atoms with van der Waals surface area (Å²) in [4.78, 5) is 0. The highest BCUT2D eigenvalue weighted by molar-refractivity contribution is 5.41. The minimum absolute atomic E-state index is 0.334. The minimum atomic E-state index is 0.334. The van der Waals surface area contributed by atoms with Gasteiger partial charge in [0.2, 0.25) is 0 Å². The second-order valence-electron chi connectivity index (χ2n) is 2.33. The summed E-state index contributed by atoms with van der Waals surface area (Å²) in [5, 5.41) is 9.35. The molecule has 0 aromatic heterocycles. The molecule has 0 aliphatic carbocycles. The zero-order valence-corrected chi connectivity index (χ0v) is 6.59. The SMILES string of the molecule is C=[C]c1cccc(O)c1CC. The molecule has 1 radical (unpaired) electrons. The van der Waals surface area contributed by atoms with Gasteiger partial charge in [0.05, 0.1) is 0 Å². The van der Waals surface area contributed by atoms with Gasteiger partial charge in [-0.3, -0.25) is 0 Å². The van der Waals surface area contributed by atoms with E-state index in [0.29, 0.717) is 5.75 Å². The molecule has 1 aromatic rings. The molecule has 0 fully saturated rings. The summed E-state index contributed by atoms with van der Waals surface area (Å²) in [7, 11) is 0. The van der Waals surface area contributed by atoms with Crippen molar-refractivity contribution in [2.75, 3.05) is 0 Å². The number of aromatic hydroxyl groups is 1. The molecule has 0 saturated carbocycles. The van der Waals surface area contributed by atoms with Gasteiger partial charge in [-0.2, -0.15) is 0 Å². The first-order chi connectivity index (χ1) is 5.29. The normalized spacial score (nSPS) is 9.55. The van der Waals surface area contributed by atoms with Gasteiger partial charge < -0.3 is 5.11 Å². The van der Waals surface area contributed by atoms with E-state index in [9.17, 15) is 5.11 Å². The van der Waals surface area contributed by atoms with Crippen LogP contribution in [0, 0.1) is 6.08 Å². The summed E-state index contributed by atoms with van der Waals surface area (Å²) < 4.78 is 0. The Balaban J connectivity index is 3.23. The largest absolute Gasteiger partial charge is 0.508 e. The second kappa shape index (κ2) is 3.24. The number of benzene rings is 1. The smallest absolute Gasteiger partial charge is 0.119 e. The van der Waals surface area contributed by atoms with Crippen molar-refractivity contribution in [1.29, 1.82) is 0 Å². The topological polar surface area (TPSA) is 20.2 Å². The van der Waals surface area contributed by atoms with Gasteiger partial charge in [-0.05, 0) is 24.1 Å². The molecule has 0 heterocycles. The summed E-state index contributed by atoms with van der Waals surface area (Å²) >= 11 is 0. The van der Waals surface area contributed by atoms with Crippen molar-refractivity contribution in [3.05, 3.63) is 42.0 Å². The van der Waals surface area contributed by atoms with Crippen molar-refractivity contribution in [1.82, 2.24) is 0 Å². The van der Waals surface area contributed by atoms with E-state index in [1.807, 2.05) is 13.0 Å². The van der Waals surface area contributed by atoms with Gasteiger partial charge in [-0.25, -0.2) is 0 Å². The maximum absolute atomic E-state index is 9.35. The Morgan fingerprint density at radius 2 is 2.27 bits per heavy atom. The summed E-state index contributed by atoms with van der Waals surface area (Å²) in [5.74, 6) is 0.334. The van der Waals surface area contributed by atoms with E-state index in [2.05, 4.69) is 12.7 Å². The Hall–Kier alpha value is -1.24. The van der Waals surface area contributed by atoms with Gasteiger partial charge in [0.1, 0.15) is 5.75 Å². The van der Waals surface area contributed by atoms with Crippen LogP contribution in [-0.4, -0.2) is 5.11 Å². The zero-order chi connectivity index (χ0) is 8.27. The molecular weight excluding hydrogens is 136 g/mol. The quantitative estimate of drug-likeness (QED) is 0.680. The molecule has 0 spiro atoms. The molecule has 0 atom stereocenters. The zero-order valence-electron chi connectivity index (χ0n) is 6.59. The van der Waals surface area contributed by atoms with Crippen LogP contribution in [0.2, 0.25) is 0 Å². The highest BCUT2D eigenvalue weighted by Gasteiger charge is 2.01. The fraction of sp³-hybridized carbons (Fsp3) is 0.200. The van der Waals surface area contributed by atoms with Crippen LogP contribution in [0.4, 0.5) is 0 Å². The molecule has 1 N–H and O–H groups in total. The Morgan fingerprint density at radius 3 is 2.73 bits per heavy atom. The third-order valence-corrected chi connectivity index (χ3v) is 1.70. The number of rotatable bonds is 2. The van der Waals surface area contributed by atoms with E-state index < -0.39 is 0 Å². The van der Waals surface area contributed by atoms with Gasteiger partial charge in [0.15, 0.2) is 0 Å². The molecule has 11 heavy (non-hydrogen) atoms. The van der Waals surface area contributed by atoms with Crippen molar-refractivity contribution in [3.63, 3.8) is 0 Å². The molecule has 1 rings (SSSR count). The molecule has 0 bridgehead atoms. The van der Waals surface area contributed by atoms with E-state index >= 15 is 0 Å². The fourth-order valence-electron chi connectivity index (χ4n) is 1.11. The molecule has 1 heteroatoms. The predicted molar refractivity (Wildman–Crippen MR) is 45.5 cm³/mol. The van der Waals surface area contributed by atoms with Crippen molar-refractivity contribution >= 4 is 0 Å². The molecule has 57 valence electrons. The van der Waals surface area contributed by atoms with Crippen molar-refractivity contribution in [3.8, 4) is 5.75 Å². The molecule has 0 saturated heterocycles. The van der Waals surface area contributed by atoms with Gasteiger partial charge in [0.25, 0.3) is 0 Å². The van der Waals surface area contributed by atoms with Crippen LogP contribution in [0.15, 0.2) is 24.8 Å². The highest BCUT2D eigenvalue weighted by atomic mass is 16.3. The first-order valence-corrected chi connectivity index (χ1v) is 3.63. The average molecular weight is 147 g/mol. The predicted octanol–water partition coefficient (Wildman–Crippen LogP) is 2.29. The Bertz CT molecular complexity index is 264. The Kier molecular flexibility index (Phi) is 2.32. The third-order valence-electron chi connectivity index (χ3n) is 1.70. The van der Waals surface area contributed by atoms with Gasteiger partial charge in [0, 0.05) is 5.56 Å². The first-order valence-electron chi connectivity index (χ1n) is 3.63. The molecule has 0 unspecified atom stereocenters. The van der Waals surface area contributed by atoms with Crippen LogP contribution in [0.1, 0.15) is 18.1 Å². The lowest BCUT2D eigenvalue weighted by molar-refractivity contribution is 0.468. The Morgan fingerprint density at radius 1 is 1.55 bits per heavy atom. The van der Waals surface area contributed by atoms with E-state index in [1.54, 1.807) is 12.1 Å². The minimum Gasteiger partial charge on any atom is -0.508 e. The number of phenolic OH excluding ortho intramolecular Hbond substituents is 1. The highest BCUT2D eigenvalue weighted by Crippen LogP contribution is 2.20. The number of hydrogen-bond donors (Lipinski definition) is 1. The molecule has 0 aliphatic rings. The molecule has 1 aromatic carbocycles. The second-order valence-corrected chi connectivity index (χ2v) is 2.33. The van der Waals surface area contributed by atoms with Gasteiger partial charge >= 0.3 is 0 Å². The lowest BCUT2D eigenvalue weighted by atomic mass is 10.0. The van der Waals surface area contributed by atoms with Gasteiger partial charge in [-0.1, -0.05) is 25.6 Å². The van der Waals surface area contributed by atoms with Crippen molar-refractivity contribution in [2.45, 2.75) is 13.3 Å². The van der Waals surface area contributed by atoms with Crippen molar-refractivity contribution in [2.24, 2.45) is 0 Å².